The number of aromatic nitrogens is 3. The zero-order chi connectivity index (χ0) is 23.4. The number of aryl methyl sites for hydroxylation is 1. The molecule has 0 bridgehead atoms. The van der Waals surface area contributed by atoms with Gasteiger partial charge in [-0.2, -0.15) is 0 Å². The highest BCUT2D eigenvalue weighted by molar-refractivity contribution is 5.70. The molecular weight excluding hydrogens is 416 g/mol. The van der Waals surface area contributed by atoms with Gasteiger partial charge in [-0.3, -0.25) is 9.88 Å². The maximum Gasteiger partial charge on any atom is 0.411 e. The summed E-state index contributed by atoms with van der Waals surface area (Å²) in [7, 11) is 0. The number of ether oxygens (including phenoxy) is 2. The Morgan fingerprint density at radius 2 is 1.70 bits per heavy atom. The topological polar surface area (TPSA) is 77.4 Å². The van der Waals surface area contributed by atoms with Crippen LogP contribution in [0.5, 0.6) is 11.8 Å². The lowest BCUT2D eigenvalue weighted by molar-refractivity contribution is -0.00810. The van der Waals surface area contributed by atoms with Crippen molar-refractivity contribution in [3.05, 3.63) is 77.9 Å². The first-order valence-electron chi connectivity index (χ1n) is 11.3. The molecule has 0 saturated carbocycles. The van der Waals surface area contributed by atoms with Gasteiger partial charge in [-0.15, -0.1) is 0 Å². The molecule has 7 heteroatoms. The zero-order valence-electron chi connectivity index (χ0n) is 19.6. The molecule has 0 N–H and O–H groups in total. The second-order valence-corrected chi connectivity index (χ2v) is 9.23. The van der Waals surface area contributed by atoms with Gasteiger partial charge < -0.3 is 9.47 Å². The number of piperidine rings is 1. The molecule has 2 atom stereocenters. The van der Waals surface area contributed by atoms with Crippen molar-refractivity contribution in [2.45, 2.75) is 64.6 Å². The average molecular weight is 447 g/mol. The third-order valence-electron chi connectivity index (χ3n) is 5.53. The quantitative estimate of drug-likeness (QED) is 0.476. The lowest BCUT2D eigenvalue weighted by Gasteiger charge is -2.42. The van der Waals surface area contributed by atoms with Crippen molar-refractivity contribution in [2.24, 2.45) is 0 Å². The molecule has 3 aromatic rings. The van der Waals surface area contributed by atoms with E-state index >= 15 is 0 Å². The molecule has 1 fully saturated rings. The van der Waals surface area contributed by atoms with Crippen LogP contribution in [-0.4, -0.2) is 31.5 Å². The van der Waals surface area contributed by atoms with Crippen LogP contribution in [0.25, 0.3) is 0 Å². The lowest BCUT2D eigenvalue weighted by atomic mass is 9.90. The Morgan fingerprint density at radius 1 is 0.939 bits per heavy atom. The van der Waals surface area contributed by atoms with E-state index in [1.807, 2.05) is 69.0 Å². The molecule has 1 aliphatic heterocycles. The van der Waals surface area contributed by atoms with E-state index < -0.39 is 5.60 Å². The number of hydrogen-bond donors (Lipinski definition) is 0. The van der Waals surface area contributed by atoms with E-state index in [-0.39, 0.29) is 18.2 Å². The molecule has 172 valence electrons. The van der Waals surface area contributed by atoms with E-state index in [1.165, 1.54) is 0 Å². The summed E-state index contributed by atoms with van der Waals surface area (Å²) in [6.07, 6.45) is 5.63. The molecule has 0 unspecified atom stereocenters. The van der Waals surface area contributed by atoms with E-state index in [0.29, 0.717) is 11.8 Å². The second-order valence-electron chi connectivity index (χ2n) is 9.23. The highest BCUT2D eigenvalue weighted by Crippen LogP contribution is 2.42. The number of rotatable bonds is 4. The Bertz CT molecular complexity index is 1100. The summed E-state index contributed by atoms with van der Waals surface area (Å²) in [6.45, 7) is 7.66. The van der Waals surface area contributed by atoms with Gasteiger partial charge >= 0.3 is 6.09 Å². The lowest BCUT2D eigenvalue weighted by Crippen LogP contribution is -2.44. The van der Waals surface area contributed by atoms with Crippen molar-refractivity contribution in [2.75, 3.05) is 0 Å². The summed E-state index contributed by atoms with van der Waals surface area (Å²) < 4.78 is 11.7. The Labute approximate surface area is 194 Å². The van der Waals surface area contributed by atoms with Gasteiger partial charge in [0.2, 0.25) is 11.8 Å². The van der Waals surface area contributed by atoms with Crippen LogP contribution in [0.1, 0.15) is 69.1 Å². The van der Waals surface area contributed by atoms with Gasteiger partial charge in [-0.25, -0.2) is 14.8 Å². The molecule has 0 aliphatic carbocycles. The summed E-state index contributed by atoms with van der Waals surface area (Å²) in [6, 6.07) is 14.6. The minimum atomic E-state index is -0.611. The average Bonchev–Trinajstić information content (AvgIpc) is 2.79. The summed E-state index contributed by atoms with van der Waals surface area (Å²) in [4.78, 5) is 28.9. The van der Waals surface area contributed by atoms with Crippen molar-refractivity contribution >= 4 is 6.09 Å². The fraction of sp³-hybridized carbons (Fsp3) is 0.385. The Kier molecular flexibility index (Phi) is 6.58. The molecule has 4 rings (SSSR count). The first-order valence-corrected chi connectivity index (χ1v) is 11.3. The fourth-order valence-electron chi connectivity index (χ4n) is 4.16. The number of carbonyl (C=O) groups is 1. The summed E-state index contributed by atoms with van der Waals surface area (Å²) >= 11 is 0. The van der Waals surface area contributed by atoms with Crippen molar-refractivity contribution in [3.63, 3.8) is 0 Å². The van der Waals surface area contributed by atoms with Gasteiger partial charge in [0, 0.05) is 24.5 Å². The number of likely N-dealkylation sites (tertiary alicyclic amines) is 1. The van der Waals surface area contributed by atoms with E-state index in [2.05, 4.69) is 9.97 Å². The minimum Gasteiger partial charge on any atom is -0.444 e. The maximum absolute atomic E-state index is 13.5. The molecular formula is C26H30N4O3. The first-order chi connectivity index (χ1) is 15.8. The second kappa shape index (κ2) is 9.57. The standard InChI is InChI=1S/C26H30N4O3/c1-18-10-9-17-28-24(18)21-13-8-12-20(30(21)25(31)33-26(2,3)4)19-11-7-15-23(29-19)32-22-14-5-6-16-27-22/h5-7,9-11,14-17,20-21H,8,12-13H2,1-4H3/t20-,21+/m1/s1. The van der Waals surface area contributed by atoms with Crippen LogP contribution >= 0.6 is 0 Å². The third-order valence-corrected chi connectivity index (χ3v) is 5.53. The first kappa shape index (κ1) is 22.7. The zero-order valence-corrected chi connectivity index (χ0v) is 19.6. The van der Waals surface area contributed by atoms with Crippen molar-refractivity contribution in [1.82, 2.24) is 19.9 Å². The van der Waals surface area contributed by atoms with Crippen LogP contribution in [0.15, 0.2) is 60.9 Å². The summed E-state index contributed by atoms with van der Waals surface area (Å²) in [5.41, 5.74) is 2.10. The predicted molar refractivity (Wildman–Crippen MR) is 125 cm³/mol. The normalized spacial score (nSPS) is 18.6. The third kappa shape index (κ3) is 5.48. The molecule has 1 saturated heterocycles. The molecule has 0 radical (unpaired) electrons. The largest absolute Gasteiger partial charge is 0.444 e. The SMILES string of the molecule is Cc1cccnc1[C@@H]1CCC[C@H](c2cccc(Oc3ccccn3)n2)N1C(=O)OC(C)(C)C. The smallest absolute Gasteiger partial charge is 0.411 e. The molecule has 7 nitrogen and oxygen atoms in total. The molecule has 0 aromatic carbocycles. The molecule has 0 spiro atoms. The van der Waals surface area contributed by atoms with E-state index in [9.17, 15) is 4.79 Å². The van der Waals surface area contributed by atoms with E-state index in [0.717, 1.165) is 36.2 Å². The number of nitrogens with zero attached hydrogens (tertiary/aromatic N) is 4. The highest BCUT2D eigenvalue weighted by atomic mass is 16.6. The van der Waals surface area contributed by atoms with Gasteiger partial charge in [0.1, 0.15) is 5.60 Å². The van der Waals surface area contributed by atoms with E-state index in [4.69, 9.17) is 14.5 Å². The van der Waals surface area contributed by atoms with Crippen molar-refractivity contribution < 1.29 is 14.3 Å². The number of carbonyl (C=O) groups excluding carboxylic acids is 1. The van der Waals surface area contributed by atoms with Gasteiger partial charge in [-0.1, -0.05) is 18.2 Å². The number of pyridine rings is 3. The van der Waals surface area contributed by atoms with Crippen LogP contribution in [-0.2, 0) is 4.74 Å². The molecule has 1 aliphatic rings. The Balaban J connectivity index is 1.70. The maximum atomic E-state index is 13.5. The summed E-state index contributed by atoms with van der Waals surface area (Å²) in [5.74, 6) is 0.906. The fourth-order valence-corrected chi connectivity index (χ4v) is 4.16. The van der Waals surface area contributed by atoms with Crippen molar-refractivity contribution in [3.8, 4) is 11.8 Å². The van der Waals surface area contributed by atoms with Crippen LogP contribution in [0, 0.1) is 6.92 Å². The molecule has 3 aromatic heterocycles. The van der Waals surface area contributed by atoms with Crippen LogP contribution in [0.2, 0.25) is 0 Å². The monoisotopic (exact) mass is 446 g/mol. The molecule has 33 heavy (non-hydrogen) atoms. The van der Waals surface area contributed by atoms with Crippen LogP contribution in [0.3, 0.4) is 0 Å². The minimum absolute atomic E-state index is 0.193. The van der Waals surface area contributed by atoms with Crippen LogP contribution in [0.4, 0.5) is 4.79 Å². The Morgan fingerprint density at radius 3 is 2.42 bits per heavy atom. The number of amides is 1. The molecule has 4 heterocycles. The van der Waals surface area contributed by atoms with Gasteiger partial charge in [0.05, 0.1) is 23.5 Å². The van der Waals surface area contributed by atoms with Crippen molar-refractivity contribution in [1.29, 1.82) is 0 Å². The Hall–Kier alpha value is -3.48. The van der Waals surface area contributed by atoms with Crippen LogP contribution < -0.4 is 4.74 Å². The van der Waals surface area contributed by atoms with E-state index in [1.54, 1.807) is 24.5 Å². The number of hydrogen-bond acceptors (Lipinski definition) is 6. The molecule has 1 amide bonds. The predicted octanol–water partition coefficient (Wildman–Crippen LogP) is 6.18. The highest BCUT2D eigenvalue weighted by Gasteiger charge is 2.40. The van der Waals surface area contributed by atoms with Gasteiger partial charge in [0.15, 0.2) is 0 Å². The summed E-state index contributed by atoms with van der Waals surface area (Å²) in [5, 5.41) is 0. The van der Waals surface area contributed by atoms with Gasteiger partial charge in [-0.05, 0) is 70.7 Å². The van der Waals surface area contributed by atoms with Gasteiger partial charge in [0.25, 0.3) is 0 Å².